The van der Waals surface area contributed by atoms with Gasteiger partial charge in [-0.1, -0.05) is 41.4 Å². The molecular formula is C16H16Cl2N2. The molecule has 0 radical (unpaired) electrons. The summed E-state index contributed by atoms with van der Waals surface area (Å²) in [5, 5.41) is 1.16. The van der Waals surface area contributed by atoms with Gasteiger partial charge in [0, 0.05) is 11.7 Å². The van der Waals surface area contributed by atoms with E-state index in [0.29, 0.717) is 22.8 Å². The third-order valence-electron chi connectivity index (χ3n) is 3.87. The zero-order valence-electron chi connectivity index (χ0n) is 11.3. The van der Waals surface area contributed by atoms with Gasteiger partial charge < -0.3 is 4.90 Å². The Morgan fingerprint density at radius 3 is 2.85 bits per heavy atom. The predicted octanol–water partition coefficient (Wildman–Crippen LogP) is 4.73. The lowest BCUT2D eigenvalue weighted by molar-refractivity contribution is 0.556. The molecule has 4 heteroatoms. The van der Waals surface area contributed by atoms with Crippen molar-refractivity contribution in [3.8, 4) is 0 Å². The second kappa shape index (κ2) is 5.63. The van der Waals surface area contributed by atoms with E-state index in [4.69, 9.17) is 23.2 Å². The molecule has 20 heavy (non-hydrogen) atoms. The van der Waals surface area contributed by atoms with Crippen molar-refractivity contribution in [1.29, 1.82) is 0 Å². The van der Waals surface area contributed by atoms with E-state index in [1.807, 2.05) is 6.07 Å². The molecule has 0 saturated carbocycles. The number of hydrogen-bond donors (Lipinski definition) is 0. The number of anilines is 1. The Balaban J connectivity index is 1.95. The van der Waals surface area contributed by atoms with Gasteiger partial charge in [0.15, 0.2) is 0 Å². The van der Waals surface area contributed by atoms with E-state index in [2.05, 4.69) is 41.1 Å². The highest BCUT2D eigenvalue weighted by atomic mass is 35.5. The fraction of sp³-hybridized carbons (Fsp3) is 0.312. The van der Waals surface area contributed by atoms with E-state index in [9.17, 15) is 0 Å². The van der Waals surface area contributed by atoms with Crippen molar-refractivity contribution >= 4 is 28.9 Å². The van der Waals surface area contributed by atoms with Crippen LogP contribution in [0.3, 0.4) is 0 Å². The van der Waals surface area contributed by atoms with Gasteiger partial charge in [-0.05, 0) is 43.5 Å². The van der Waals surface area contributed by atoms with E-state index in [1.54, 1.807) is 6.07 Å². The summed E-state index contributed by atoms with van der Waals surface area (Å²) < 4.78 is 0. The molecule has 3 rings (SSSR count). The zero-order valence-corrected chi connectivity index (χ0v) is 12.8. The number of benzene rings is 1. The van der Waals surface area contributed by atoms with Gasteiger partial charge >= 0.3 is 0 Å². The first-order valence-electron chi connectivity index (χ1n) is 6.80. The van der Waals surface area contributed by atoms with E-state index < -0.39 is 0 Å². The van der Waals surface area contributed by atoms with Crippen molar-refractivity contribution < 1.29 is 0 Å². The summed E-state index contributed by atoms with van der Waals surface area (Å²) in [6.07, 6.45) is 2.28. The summed E-state index contributed by atoms with van der Waals surface area (Å²) in [5.41, 5.74) is 3.51. The summed E-state index contributed by atoms with van der Waals surface area (Å²) in [7, 11) is 0. The number of aryl methyl sites for hydroxylation is 1. The molecule has 0 saturated heterocycles. The van der Waals surface area contributed by atoms with E-state index in [0.717, 1.165) is 18.5 Å². The molecule has 1 aliphatic rings. The van der Waals surface area contributed by atoms with Gasteiger partial charge in [0.2, 0.25) is 0 Å². The van der Waals surface area contributed by atoms with Crippen LogP contribution in [-0.2, 0) is 13.0 Å². The largest absolute Gasteiger partial charge is 0.363 e. The molecule has 0 spiro atoms. The molecule has 0 aliphatic carbocycles. The third-order valence-corrected chi connectivity index (χ3v) is 4.42. The first-order chi connectivity index (χ1) is 9.65. The van der Waals surface area contributed by atoms with Gasteiger partial charge in [-0.2, -0.15) is 0 Å². The number of pyridine rings is 1. The number of halogens is 2. The van der Waals surface area contributed by atoms with E-state index in [1.165, 1.54) is 11.3 Å². The van der Waals surface area contributed by atoms with Gasteiger partial charge in [-0.3, -0.25) is 0 Å². The van der Waals surface area contributed by atoms with Crippen molar-refractivity contribution in [2.75, 3.05) is 4.90 Å². The van der Waals surface area contributed by atoms with Crippen molar-refractivity contribution in [1.82, 2.24) is 4.98 Å². The predicted molar refractivity (Wildman–Crippen MR) is 84.7 cm³/mol. The molecule has 0 amide bonds. The number of fused-ring (bicyclic) bond motifs is 1. The van der Waals surface area contributed by atoms with E-state index >= 15 is 0 Å². The smallest absolute Gasteiger partial charge is 0.129 e. The van der Waals surface area contributed by atoms with Crippen LogP contribution < -0.4 is 4.90 Å². The van der Waals surface area contributed by atoms with Crippen LogP contribution in [0.2, 0.25) is 10.2 Å². The lowest BCUT2D eigenvalue weighted by Gasteiger charge is -2.37. The van der Waals surface area contributed by atoms with Crippen LogP contribution in [0, 0.1) is 0 Å². The van der Waals surface area contributed by atoms with Crippen molar-refractivity contribution in [3.05, 3.63) is 57.8 Å². The first kappa shape index (κ1) is 13.7. The molecule has 1 unspecified atom stereocenters. The standard InChI is InChI=1S/C16H16Cl2N2/c1-11-6-7-12-4-2-3-5-15(12)20(11)10-14-13(17)8-9-16(18)19-14/h2-5,8-9,11H,6-7,10H2,1H3. The average Bonchev–Trinajstić information content (AvgIpc) is 2.46. The maximum absolute atomic E-state index is 6.24. The molecule has 0 N–H and O–H groups in total. The van der Waals surface area contributed by atoms with Crippen LogP contribution in [0.5, 0.6) is 0 Å². The van der Waals surface area contributed by atoms with Crippen molar-refractivity contribution in [2.45, 2.75) is 32.4 Å². The fourth-order valence-electron chi connectivity index (χ4n) is 2.73. The molecule has 104 valence electrons. The van der Waals surface area contributed by atoms with Crippen molar-refractivity contribution in [2.24, 2.45) is 0 Å². The van der Waals surface area contributed by atoms with Gasteiger partial charge in [-0.15, -0.1) is 0 Å². The van der Waals surface area contributed by atoms with E-state index in [-0.39, 0.29) is 0 Å². The summed E-state index contributed by atoms with van der Waals surface area (Å²) in [6, 6.07) is 12.6. The number of hydrogen-bond acceptors (Lipinski definition) is 2. The van der Waals surface area contributed by atoms with Crippen LogP contribution in [-0.4, -0.2) is 11.0 Å². The highest BCUT2D eigenvalue weighted by molar-refractivity contribution is 6.32. The monoisotopic (exact) mass is 306 g/mol. The lowest BCUT2D eigenvalue weighted by atomic mass is 9.96. The number of para-hydroxylation sites is 1. The molecule has 2 aromatic rings. The second-order valence-corrected chi connectivity index (χ2v) is 6.00. The molecular weight excluding hydrogens is 291 g/mol. The topological polar surface area (TPSA) is 16.1 Å². The lowest BCUT2D eigenvalue weighted by Crippen LogP contribution is -2.37. The zero-order chi connectivity index (χ0) is 14.1. The molecule has 2 heterocycles. The molecule has 0 bridgehead atoms. The Morgan fingerprint density at radius 1 is 1.20 bits per heavy atom. The molecule has 1 atom stereocenters. The summed E-state index contributed by atoms with van der Waals surface area (Å²) >= 11 is 12.2. The van der Waals surface area contributed by atoms with Crippen LogP contribution in [0.4, 0.5) is 5.69 Å². The third kappa shape index (κ3) is 2.63. The van der Waals surface area contributed by atoms with Gasteiger partial charge in [-0.25, -0.2) is 4.98 Å². The maximum atomic E-state index is 6.24. The second-order valence-electron chi connectivity index (χ2n) is 5.21. The van der Waals surface area contributed by atoms with Crippen molar-refractivity contribution in [3.63, 3.8) is 0 Å². The maximum Gasteiger partial charge on any atom is 0.129 e. The van der Waals surface area contributed by atoms with Crippen LogP contribution in [0.15, 0.2) is 36.4 Å². The van der Waals surface area contributed by atoms with Crippen LogP contribution in [0.25, 0.3) is 0 Å². The Kier molecular flexibility index (Phi) is 3.86. The summed E-state index contributed by atoms with van der Waals surface area (Å²) in [4.78, 5) is 6.73. The summed E-state index contributed by atoms with van der Waals surface area (Å²) in [5.74, 6) is 0. The van der Waals surface area contributed by atoms with Crippen LogP contribution >= 0.6 is 23.2 Å². The average molecular weight is 307 g/mol. The Labute approximate surface area is 129 Å². The van der Waals surface area contributed by atoms with Gasteiger partial charge in [0.05, 0.1) is 17.3 Å². The normalized spacial score (nSPS) is 17.9. The fourth-order valence-corrected chi connectivity index (χ4v) is 3.06. The van der Waals surface area contributed by atoms with Crippen LogP contribution in [0.1, 0.15) is 24.6 Å². The SMILES string of the molecule is CC1CCc2ccccc2N1Cc1nc(Cl)ccc1Cl. The minimum atomic E-state index is 0.474. The number of aromatic nitrogens is 1. The Hall–Kier alpha value is -1.25. The van der Waals surface area contributed by atoms with Gasteiger partial charge in [0.25, 0.3) is 0 Å². The highest BCUT2D eigenvalue weighted by Gasteiger charge is 2.23. The minimum absolute atomic E-state index is 0.474. The number of rotatable bonds is 2. The molecule has 0 fully saturated rings. The quantitative estimate of drug-likeness (QED) is 0.746. The molecule has 2 nitrogen and oxygen atoms in total. The highest BCUT2D eigenvalue weighted by Crippen LogP contribution is 2.32. The minimum Gasteiger partial charge on any atom is -0.363 e. The first-order valence-corrected chi connectivity index (χ1v) is 7.56. The molecule has 1 aliphatic heterocycles. The van der Waals surface area contributed by atoms with Gasteiger partial charge in [0.1, 0.15) is 5.15 Å². The molecule has 1 aromatic carbocycles. The Bertz CT molecular complexity index is 628. The summed E-state index contributed by atoms with van der Waals surface area (Å²) in [6.45, 7) is 2.94. The Morgan fingerprint density at radius 2 is 2.00 bits per heavy atom. The number of nitrogens with zero attached hydrogens (tertiary/aromatic N) is 2. The molecule has 1 aromatic heterocycles.